The van der Waals surface area contributed by atoms with Crippen molar-refractivity contribution in [2.24, 2.45) is 0 Å². The summed E-state index contributed by atoms with van der Waals surface area (Å²) in [5.74, 6) is -0.385. The van der Waals surface area contributed by atoms with Gasteiger partial charge in [-0.2, -0.15) is 0 Å². The van der Waals surface area contributed by atoms with E-state index in [1.807, 2.05) is 13.0 Å². The number of esters is 1. The molecule has 5 nitrogen and oxygen atoms in total. The zero-order valence-corrected chi connectivity index (χ0v) is 13.6. The smallest absolute Gasteiger partial charge is 0.305 e. The highest BCUT2D eigenvalue weighted by Crippen LogP contribution is 2.24. The van der Waals surface area contributed by atoms with Gasteiger partial charge in [0.05, 0.1) is 12.7 Å². The number of aryl methyl sites for hydroxylation is 1. The Morgan fingerprint density at radius 2 is 1.82 bits per heavy atom. The Balaban J connectivity index is 2.27. The van der Waals surface area contributed by atoms with E-state index in [0.717, 1.165) is 36.8 Å². The number of hydrogen-bond acceptors (Lipinski definition) is 4. The Bertz CT molecular complexity index is 526. The van der Waals surface area contributed by atoms with Crippen LogP contribution in [0, 0.1) is 13.8 Å². The van der Waals surface area contributed by atoms with Crippen molar-refractivity contribution in [1.82, 2.24) is 5.32 Å². The lowest BCUT2D eigenvalue weighted by molar-refractivity contribution is -0.140. The fourth-order valence-corrected chi connectivity index (χ4v) is 2.13. The maximum Gasteiger partial charge on any atom is 0.305 e. The minimum absolute atomic E-state index is 0.0515. The minimum atomic E-state index is -0.254. The van der Waals surface area contributed by atoms with E-state index in [1.165, 1.54) is 7.11 Å². The number of amides is 1. The van der Waals surface area contributed by atoms with E-state index in [2.05, 4.69) is 10.1 Å². The summed E-state index contributed by atoms with van der Waals surface area (Å²) in [6.07, 6.45) is 3.96. The second-order valence-corrected chi connectivity index (χ2v) is 5.40. The third kappa shape index (κ3) is 5.39. The molecular weight excluding hydrogens is 282 g/mol. The van der Waals surface area contributed by atoms with Crippen LogP contribution in [-0.2, 0) is 9.53 Å². The molecule has 0 atom stereocenters. The van der Waals surface area contributed by atoms with E-state index < -0.39 is 0 Å². The van der Waals surface area contributed by atoms with Crippen LogP contribution in [0.2, 0.25) is 0 Å². The number of carbonyl (C=O) groups is 2. The Kier molecular flexibility index (Phi) is 7.43. The van der Waals surface area contributed by atoms with Crippen molar-refractivity contribution in [2.45, 2.75) is 46.0 Å². The van der Waals surface area contributed by atoms with Crippen molar-refractivity contribution in [3.8, 4) is 5.75 Å². The average Bonchev–Trinajstić information content (AvgIpc) is 2.51. The lowest BCUT2D eigenvalue weighted by Crippen LogP contribution is -2.24. The molecule has 0 radical (unpaired) electrons. The van der Waals surface area contributed by atoms with Crippen molar-refractivity contribution in [1.29, 1.82) is 0 Å². The topological polar surface area (TPSA) is 75.6 Å². The highest BCUT2D eigenvalue weighted by molar-refractivity contribution is 5.97. The summed E-state index contributed by atoms with van der Waals surface area (Å²) in [4.78, 5) is 22.9. The van der Waals surface area contributed by atoms with E-state index in [4.69, 9.17) is 0 Å². The predicted molar refractivity (Wildman–Crippen MR) is 85.0 cm³/mol. The van der Waals surface area contributed by atoms with Gasteiger partial charge < -0.3 is 15.2 Å². The second-order valence-electron chi connectivity index (χ2n) is 5.40. The van der Waals surface area contributed by atoms with Gasteiger partial charge in [0.2, 0.25) is 0 Å². The van der Waals surface area contributed by atoms with Gasteiger partial charge in [0, 0.05) is 13.0 Å². The first-order chi connectivity index (χ1) is 10.5. The molecule has 0 fully saturated rings. The molecule has 22 heavy (non-hydrogen) atoms. The Labute approximate surface area is 131 Å². The van der Waals surface area contributed by atoms with Gasteiger partial charge in [-0.15, -0.1) is 0 Å². The van der Waals surface area contributed by atoms with Gasteiger partial charge in [0.1, 0.15) is 5.75 Å². The number of phenols is 1. The summed E-state index contributed by atoms with van der Waals surface area (Å²) in [5.41, 5.74) is 2.00. The summed E-state index contributed by atoms with van der Waals surface area (Å²) < 4.78 is 4.57. The molecule has 0 aliphatic heterocycles. The number of methoxy groups -OCH3 is 1. The summed E-state index contributed by atoms with van der Waals surface area (Å²) >= 11 is 0. The van der Waals surface area contributed by atoms with Crippen LogP contribution in [0.15, 0.2) is 12.1 Å². The number of nitrogens with one attached hydrogen (secondary N) is 1. The molecule has 0 saturated carbocycles. The molecule has 1 amide bonds. The molecule has 1 aromatic rings. The lowest BCUT2D eigenvalue weighted by Gasteiger charge is -2.10. The maximum absolute atomic E-state index is 12.0. The van der Waals surface area contributed by atoms with Gasteiger partial charge in [0.15, 0.2) is 0 Å². The van der Waals surface area contributed by atoms with Crippen molar-refractivity contribution in [3.05, 3.63) is 28.8 Å². The van der Waals surface area contributed by atoms with Crippen LogP contribution in [0.1, 0.15) is 53.6 Å². The quantitative estimate of drug-likeness (QED) is 0.572. The zero-order valence-electron chi connectivity index (χ0n) is 13.6. The number of benzene rings is 1. The highest BCUT2D eigenvalue weighted by atomic mass is 16.5. The van der Waals surface area contributed by atoms with Gasteiger partial charge in [-0.1, -0.05) is 18.9 Å². The van der Waals surface area contributed by atoms with E-state index in [-0.39, 0.29) is 17.6 Å². The SMILES string of the molecule is COC(=O)CCCCCCNC(=O)c1ccc(C)c(C)c1O. The number of phenolic OH excluding ortho intramolecular Hbond substituents is 1. The van der Waals surface area contributed by atoms with Crippen LogP contribution in [0.3, 0.4) is 0 Å². The molecule has 5 heteroatoms. The molecular formula is C17H25NO4. The molecule has 0 saturated heterocycles. The van der Waals surface area contributed by atoms with Crippen molar-refractivity contribution >= 4 is 11.9 Å². The van der Waals surface area contributed by atoms with Gasteiger partial charge in [-0.25, -0.2) is 0 Å². The zero-order chi connectivity index (χ0) is 16.5. The second kappa shape index (κ2) is 9.07. The van der Waals surface area contributed by atoms with Crippen LogP contribution in [0.4, 0.5) is 0 Å². The third-order valence-corrected chi connectivity index (χ3v) is 3.77. The van der Waals surface area contributed by atoms with Crippen molar-refractivity contribution in [2.75, 3.05) is 13.7 Å². The first-order valence-corrected chi connectivity index (χ1v) is 7.61. The van der Waals surface area contributed by atoms with Gasteiger partial charge in [-0.05, 0) is 43.9 Å². The van der Waals surface area contributed by atoms with E-state index >= 15 is 0 Å². The monoisotopic (exact) mass is 307 g/mol. The molecule has 0 bridgehead atoms. The molecule has 1 aromatic carbocycles. The molecule has 0 spiro atoms. The Morgan fingerprint density at radius 3 is 2.50 bits per heavy atom. The molecule has 122 valence electrons. The number of aromatic hydroxyl groups is 1. The van der Waals surface area contributed by atoms with Gasteiger partial charge in [0.25, 0.3) is 5.91 Å². The molecule has 0 aliphatic rings. The van der Waals surface area contributed by atoms with Crippen molar-refractivity contribution in [3.63, 3.8) is 0 Å². The van der Waals surface area contributed by atoms with Crippen LogP contribution in [0.25, 0.3) is 0 Å². The summed E-state index contributed by atoms with van der Waals surface area (Å²) in [6, 6.07) is 3.47. The van der Waals surface area contributed by atoms with Gasteiger partial charge in [-0.3, -0.25) is 9.59 Å². The fourth-order valence-electron chi connectivity index (χ4n) is 2.13. The number of unbranched alkanes of at least 4 members (excludes halogenated alkanes) is 3. The summed E-state index contributed by atoms with van der Waals surface area (Å²) in [5, 5.41) is 12.8. The van der Waals surface area contributed by atoms with E-state index in [1.54, 1.807) is 13.0 Å². The van der Waals surface area contributed by atoms with Crippen LogP contribution in [-0.4, -0.2) is 30.6 Å². The third-order valence-electron chi connectivity index (χ3n) is 3.77. The molecule has 0 aliphatic carbocycles. The number of ether oxygens (including phenoxy) is 1. The summed E-state index contributed by atoms with van der Waals surface area (Å²) in [7, 11) is 1.39. The summed E-state index contributed by atoms with van der Waals surface area (Å²) in [6.45, 7) is 4.25. The lowest BCUT2D eigenvalue weighted by atomic mass is 10.0. The number of carbonyl (C=O) groups excluding carboxylic acids is 2. The number of hydrogen-bond donors (Lipinski definition) is 2. The molecule has 1 rings (SSSR count). The van der Waals surface area contributed by atoms with Crippen LogP contribution >= 0.6 is 0 Å². The first-order valence-electron chi connectivity index (χ1n) is 7.61. The number of rotatable bonds is 8. The molecule has 0 heterocycles. The minimum Gasteiger partial charge on any atom is -0.507 e. The largest absolute Gasteiger partial charge is 0.507 e. The molecule has 0 unspecified atom stereocenters. The van der Waals surface area contributed by atoms with Crippen LogP contribution in [0.5, 0.6) is 5.75 Å². The molecule has 2 N–H and O–H groups in total. The van der Waals surface area contributed by atoms with E-state index in [0.29, 0.717) is 18.5 Å². The molecule has 0 aromatic heterocycles. The van der Waals surface area contributed by atoms with Crippen LogP contribution < -0.4 is 5.32 Å². The highest BCUT2D eigenvalue weighted by Gasteiger charge is 2.13. The van der Waals surface area contributed by atoms with E-state index in [9.17, 15) is 14.7 Å². The predicted octanol–water partition coefficient (Wildman–Crippen LogP) is 2.86. The van der Waals surface area contributed by atoms with Crippen molar-refractivity contribution < 1.29 is 19.4 Å². The Morgan fingerprint density at radius 1 is 1.14 bits per heavy atom. The normalized spacial score (nSPS) is 10.3. The average molecular weight is 307 g/mol. The Hall–Kier alpha value is -2.04. The maximum atomic E-state index is 12.0. The van der Waals surface area contributed by atoms with Gasteiger partial charge >= 0.3 is 5.97 Å². The first kappa shape index (κ1) is 18.0. The standard InChI is InChI=1S/C17H25NO4/c1-12-9-10-14(16(20)13(12)2)17(21)18-11-7-5-4-6-8-15(19)22-3/h9-10,20H,4-8,11H2,1-3H3,(H,18,21). The fraction of sp³-hybridized carbons (Fsp3) is 0.529.